The first kappa shape index (κ1) is 135. The molecular weight excluding hydrogens is 1950 g/mol. The number of Topliss-reactive ketones (excluding diaryl/α,β-unsaturated/α-hetero) is 5. The summed E-state index contributed by atoms with van der Waals surface area (Å²) in [7, 11) is 6.40. The van der Waals surface area contributed by atoms with E-state index in [4.69, 9.17) is 58.8 Å². The number of amides is 2. The number of aldehydes is 4. The normalized spacial score (nSPS) is 9.58. The lowest BCUT2D eigenvalue weighted by atomic mass is 10.0. The molecule has 0 bridgehead atoms. The molecule has 0 atom stereocenters. The highest BCUT2D eigenvalue weighted by Crippen LogP contribution is 2.23. The number of halogens is 1. The molecule has 0 saturated carbocycles. The smallest absolute Gasteiger partial charge is 0.338 e. The number of carboxylic acids is 3. The molecule has 0 radical (unpaired) electrons. The maximum Gasteiger partial charge on any atom is 0.338 e. The van der Waals surface area contributed by atoms with E-state index < -0.39 is 53.7 Å². The van der Waals surface area contributed by atoms with Crippen LogP contribution in [-0.2, 0) is 96.4 Å². The van der Waals surface area contributed by atoms with E-state index in [1.54, 1.807) is 172 Å². The molecule has 16 N–H and O–H groups in total. The van der Waals surface area contributed by atoms with Crippen LogP contribution in [0.25, 0.3) is 0 Å². The number of nitrogens with zero attached hydrogens (tertiary/aromatic N) is 3. The Bertz CT molecular complexity index is 5760. The van der Waals surface area contributed by atoms with Crippen molar-refractivity contribution >= 4 is 141 Å². The van der Waals surface area contributed by atoms with Gasteiger partial charge in [-0.3, -0.25) is 33.6 Å². The molecule has 0 unspecified atom stereocenters. The maximum atomic E-state index is 11.9. The average molecular weight is 2080 g/mol. The highest BCUT2D eigenvalue weighted by molar-refractivity contribution is 9.08. The highest BCUT2D eigenvalue weighted by Gasteiger charge is 2.23. The molecule has 39 nitrogen and oxygen atoms in total. The maximum absolute atomic E-state index is 11.9. The molecule has 40 heteroatoms. The molecule has 0 spiro atoms. The topological polar surface area (TPSA) is 674 Å². The largest absolute Gasteiger partial charge is 0.478 e. The van der Waals surface area contributed by atoms with Gasteiger partial charge in [-0.1, -0.05) is 50.5 Å². The van der Waals surface area contributed by atoms with Gasteiger partial charge in [-0.15, -0.1) is 0 Å². The average Bonchev–Trinajstić information content (AvgIpc) is 0.823. The van der Waals surface area contributed by atoms with Crippen LogP contribution >= 0.6 is 15.9 Å². The number of esters is 7. The van der Waals surface area contributed by atoms with Gasteiger partial charge in [0.2, 0.25) is 0 Å². The summed E-state index contributed by atoms with van der Waals surface area (Å²) in [6, 6.07) is 38.0. The Kier molecular flexibility index (Phi) is 68.5. The first-order valence-electron chi connectivity index (χ1n) is 44.4. The van der Waals surface area contributed by atoms with Crippen LogP contribution in [0.5, 0.6) is 0 Å². The lowest BCUT2D eigenvalue weighted by Gasteiger charge is -2.12. The van der Waals surface area contributed by atoms with Gasteiger partial charge in [-0.25, -0.2) is 47.9 Å². The number of hydrogen-bond donors (Lipinski definition) is 8. The first-order valence-corrected chi connectivity index (χ1v) is 45.5. The van der Waals surface area contributed by atoms with Crippen LogP contribution in [0.4, 0.5) is 0 Å². The number of aromatic carboxylic acids is 3. The summed E-state index contributed by atoms with van der Waals surface area (Å²) in [5, 5.41) is 45.1. The number of alkyl halides is 1. The lowest BCUT2D eigenvalue weighted by Crippen LogP contribution is -2.22. The molecule has 0 aliphatic carbocycles. The molecule has 8 rings (SSSR count). The van der Waals surface area contributed by atoms with Gasteiger partial charge in [0.05, 0.1) is 121 Å². The van der Waals surface area contributed by atoms with Gasteiger partial charge in [0.1, 0.15) is 25.1 Å². The van der Waals surface area contributed by atoms with Crippen molar-refractivity contribution in [3.63, 3.8) is 0 Å². The van der Waals surface area contributed by atoms with Gasteiger partial charge in [0.15, 0.2) is 28.9 Å². The van der Waals surface area contributed by atoms with Crippen molar-refractivity contribution in [3.05, 3.63) is 279 Å². The molecular formula is C105H130BrN7O32. The Balaban J connectivity index is -0.000000781. The minimum absolute atomic E-state index is 0. The highest BCUT2D eigenvalue weighted by atomic mass is 79.9. The van der Waals surface area contributed by atoms with E-state index >= 15 is 0 Å². The fourth-order valence-corrected chi connectivity index (χ4v) is 12.3. The SMILES string of the molecule is CCOC(=O)c1cc(C(=O)O)cc(C(=O)CC)c1.CCOC(=O)c1cc(CBr)cc(C(=O)CC)c1.CCOC(=O)c1cc(CC#N)cc(C(=O)CC)c1.CCOC(=O)c1cc(CC=O)cc(C(=O)CC)c1.CCOC(=O)c1cc(CC=O)cc(C(=O)N(C)C)c1.CCOC(=O)c1cc(CC=O)cc(C(=O)O)c1.CCOC(=O)c1cc(CO)cc(C(=O)CC)c1.CN(C)C(=O)c1cc(CC=O)cc(C(=O)O)c1.N.N.N.N. The second kappa shape index (κ2) is 73.3. The molecule has 145 heavy (non-hydrogen) atoms. The number of aliphatic hydroxyl groups is 1. The summed E-state index contributed by atoms with van der Waals surface area (Å²) in [4.78, 5) is 240. The van der Waals surface area contributed by atoms with Crippen LogP contribution in [0.1, 0.15) is 330 Å². The monoisotopic (exact) mass is 2080 g/mol. The van der Waals surface area contributed by atoms with Gasteiger partial charge in [0, 0.05) is 130 Å². The Morgan fingerprint density at radius 2 is 0.434 bits per heavy atom. The van der Waals surface area contributed by atoms with Crippen molar-refractivity contribution in [1.29, 1.82) is 5.26 Å². The number of aliphatic hydroxyl groups excluding tert-OH is 1. The molecule has 8 aromatic rings. The zero-order valence-electron chi connectivity index (χ0n) is 84.4. The Hall–Kier alpha value is -15.8. The summed E-state index contributed by atoms with van der Waals surface area (Å²) < 4.78 is 34.0. The molecule has 0 heterocycles. The summed E-state index contributed by atoms with van der Waals surface area (Å²) in [5.74, 6) is -7.89. The number of carboxylic acid groups (broad SMARTS) is 3. The number of hydrogen-bond acceptors (Lipinski definition) is 34. The Labute approximate surface area is 849 Å². The van der Waals surface area contributed by atoms with Gasteiger partial charge < -0.3 is 107 Å². The molecule has 0 aliphatic heterocycles. The predicted molar refractivity (Wildman–Crippen MR) is 540 cm³/mol. The minimum Gasteiger partial charge on any atom is -0.478 e. The van der Waals surface area contributed by atoms with Crippen LogP contribution in [0.15, 0.2) is 146 Å². The van der Waals surface area contributed by atoms with Crippen molar-refractivity contribution in [2.75, 3.05) is 74.4 Å². The zero-order valence-corrected chi connectivity index (χ0v) is 86.0. The molecule has 0 saturated heterocycles. The molecule has 8 aromatic carbocycles. The Morgan fingerprint density at radius 3 is 0.655 bits per heavy atom. The number of ether oxygens (including phenoxy) is 7. The van der Waals surface area contributed by atoms with Gasteiger partial charge in [-0.05, 0) is 233 Å². The van der Waals surface area contributed by atoms with Crippen LogP contribution in [0.3, 0.4) is 0 Å². The van der Waals surface area contributed by atoms with Crippen molar-refractivity contribution in [2.45, 2.75) is 159 Å². The van der Waals surface area contributed by atoms with Gasteiger partial charge in [-0.2, -0.15) is 5.26 Å². The van der Waals surface area contributed by atoms with Crippen molar-refractivity contribution in [2.24, 2.45) is 0 Å². The fraction of sp³-hybridized carbons (Fsp3) is 0.333. The van der Waals surface area contributed by atoms with E-state index in [9.17, 15) is 101 Å². The first-order chi connectivity index (χ1) is 67.0. The third-order valence-corrected chi connectivity index (χ3v) is 19.3. The van der Waals surface area contributed by atoms with Crippen LogP contribution in [0, 0.1) is 11.3 Å². The second-order valence-corrected chi connectivity index (χ2v) is 30.1. The molecule has 0 aromatic heterocycles. The standard InChI is InChI=1S/C14H17NO4.C14H15NO3.C14H16O4.C13H15BrO3.C13H14O5.C13H16O4.C12H13NO4.C12H12O5.4H3N/c1-4-19-14(18)12-8-10(5-6-16)7-11(9-12)13(17)15(2)3;2*1-3-13(16)11-7-10(5-6-15)8-12(9-11)14(17)18-4-2;1-3-12(15)10-5-9(8-14)6-11(7-10)13(16)17-4-2;1-3-11(14)8-5-9(12(15)16)7-10(6-8)13(17)18-4-2;1-3-12(15)10-5-9(8-14)6-11(7-10)13(16)17-4-2;1-13(2)11(15)9-5-8(3-4-14)6-10(7-9)12(16)17;1-2-17-12(16)10-6-8(3-4-13)5-9(7-10)11(14)15;;;;/h6-9H,4-5H2,1-3H3;7-9H,3-5H2,1-2H3;6-9H,3-5H2,1-2H3;5-7H,3-4,8H2,1-2H3;5-7H,3-4H2,1-2H3,(H,15,16);5-7,14H,3-4,8H2,1-2H3;4-7H,3H2,1-2H3,(H,16,17);4-7H,2-3H2,1H3,(H,14,15);4*1H3. The molecule has 0 fully saturated rings. The van der Waals surface area contributed by atoms with E-state index in [0.717, 1.165) is 18.1 Å². The molecule has 0 aliphatic rings. The number of carbonyl (C=O) groups is 21. The number of ketones is 5. The van der Waals surface area contributed by atoms with E-state index in [0.29, 0.717) is 134 Å². The van der Waals surface area contributed by atoms with Crippen molar-refractivity contribution in [1.82, 2.24) is 34.4 Å². The minimum atomic E-state index is -1.19. The van der Waals surface area contributed by atoms with E-state index in [-0.39, 0.29) is 201 Å². The van der Waals surface area contributed by atoms with Crippen LogP contribution in [0.2, 0.25) is 0 Å². The third kappa shape index (κ3) is 48.0. The number of rotatable bonds is 40. The molecule has 2 amide bonds. The van der Waals surface area contributed by atoms with E-state index in [2.05, 4.69) is 15.9 Å². The molecule has 784 valence electrons. The van der Waals surface area contributed by atoms with E-state index in [1.807, 2.05) is 6.07 Å². The van der Waals surface area contributed by atoms with Crippen molar-refractivity contribution < 1.29 is 154 Å². The van der Waals surface area contributed by atoms with Crippen molar-refractivity contribution in [3.8, 4) is 6.07 Å². The number of benzene rings is 8. The summed E-state index contributed by atoms with van der Waals surface area (Å²) in [6.45, 7) is 22.2. The predicted octanol–water partition coefficient (Wildman–Crippen LogP) is 16.3. The third-order valence-electron chi connectivity index (χ3n) is 18.6. The van der Waals surface area contributed by atoms with E-state index in [1.165, 1.54) is 94.7 Å². The number of carbonyl (C=O) groups excluding carboxylic acids is 18. The summed E-state index contributed by atoms with van der Waals surface area (Å²) in [6.07, 6.45) is 5.18. The lowest BCUT2D eigenvalue weighted by molar-refractivity contribution is -0.108. The van der Waals surface area contributed by atoms with Gasteiger partial charge in [0.25, 0.3) is 11.8 Å². The number of nitriles is 1. The van der Waals surface area contributed by atoms with Crippen LogP contribution < -0.4 is 24.6 Å². The van der Waals surface area contributed by atoms with Crippen LogP contribution in [-0.4, -0.2) is 230 Å². The second-order valence-electron chi connectivity index (χ2n) is 29.6. The summed E-state index contributed by atoms with van der Waals surface area (Å²) >= 11 is 3.32. The van der Waals surface area contributed by atoms with Gasteiger partial charge >= 0.3 is 59.7 Å². The zero-order chi connectivity index (χ0) is 107. The Morgan fingerprint density at radius 1 is 0.269 bits per heavy atom. The quantitative estimate of drug-likeness (QED) is 0.00581. The summed E-state index contributed by atoms with van der Waals surface area (Å²) in [5.41, 5.74) is 8.82. The fourth-order valence-electron chi connectivity index (χ4n) is 12.0.